The number of hydrogen-bond acceptors (Lipinski definition) is 3. The third-order valence-corrected chi connectivity index (χ3v) is 4.24. The Hall–Kier alpha value is -1.61. The van der Waals surface area contributed by atoms with Gasteiger partial charge in [0, 0.05) is 23.3 Å². The van der Waals surface area contributed by atoms with Crippen molar-refractivity contribution in [3.8, 4) is 0 Å². The van der Waals surface area contributed by atoms with Crippen molar-refractivity contribution in [1.29, 1.82) is 0 Å². The minimum atomic E-state index is -0.0738. The summed E-state index contributed by atoms with van der Waals surface area (Å²) >= 11 is 0. The largest absolute Gasteiger partial charge is 0.393 e. The van der Waals surface area contributed by atoms with E-state index in [2.05, 4.69) is 34.6 Å². The van der Waals surface area contributed by atoms with Crippen LogP contribution in [0, 0.1) is 12.8 Å². The highest BCUT2D eigenvalue weighted by atomic mass is 16.3. The normalized spacial score (nSPS) is 22.9. The van der Waals surface area contributed by atoms with Crippen molar-refractivity contribution >= 4 is 16.6 Å². The third-order valence-electron chi connectivity index (χ3n) is 4.24. The van der Waals surface area contributed by atoms with Gasteiger partial charge in [0.05, 0.1) is 11.6 Å². The summed E-state index contributed by atoms with van der Waals surface area (Å²) in [5.74, 6) is 0.672. The van der Waals surface area contributed by atoms with Gasteiger partial charge in [-0.3, -0.25) is 4.98 Å². The highest BCUT2D eigenvalue weighted by Crippen LogP contribution is 2.27. The predicted molar refractivity (Wildman–Crippen MR) is 82.9 cm³/mol. The number of para-hydroxylation sites is 1. The average Bonchev–Trinajstić information content (AvgIpc) is 2.46. The first-order valence-electron chi connectivity index (χ1n) is 7.50. The number of rotatable bonds is 3. The van der Waals surface area contributed by atoms with Gasteiger partial charge in [0.2, 0.25) is 0 Å². The molecule has 1 saturated carbocycles. The van der Waals surface area contributed by atoms with Gasteiger partial charge < -0.3 is 10.4 Å². The van der Waals surface area contributed by atoms with Crippen molar-refractivity contribution < 1.29 is 5.11 Å². The van der Waals surface area contributed by atoms with Gasteiger partial charge in [-0.2, -0.15) is 0 Å². The van der Waals surface area contributed by atoms with Crippen molar-refractivity contribution in [2.24, 2.45) is 5.92 Å². The Bertz CT molecular complexity index is 589. The van der Waals surface area contributed by atoms with Crippen LogP contribution in [0.2, 0.25) is 0 Å². The molecule has 106 valence electrons. The Morgan fingerprint density at radius 3 is 2.75 bits per heavy atom. The van der Waals surface area contributed by atoms with Gasteiger partial charge in [0.15, 0.2) is 0 Å². The maximum atomic E-state index is 9.56. The quantitative estimate of drug-likeness (QED) is 0.897. The van der Waals surface area contributed by atoms with E-state index in [-0.39, 0.29) is 6.10 Å². The van der Waals surface area contributed by atoms with Crippen molar-refractivity contribution in [2.75, 3.05) is 11.9 Å². The minimum absolute atomic E-state index is 0.0738. The van der Waals surface area contributed by atoms with Gasteiger partial charge in [-0.05, 0) is 50.7 Å². The van der Waals surface area contributed by atoms with E-state index in [9.17, 15) is 5.11 Å². The van der Waals surface area contributed by atoms with Crippen LogP contribution in [0.25, 0.3) is 10.9 Å². The molecule has 0 bridgehead atoms. The molecule has 1 aromatic heterocycles. The zero-order valence-corrected chi connectivity index (χ0v) is 12.0. The molecule has 3 nitrogen and oxygen atoms in total. The number of nitrogens with one attached hydrogen (secondary N) is 1. The number of pyridine rings is 1. The summed E-state index contributed by atoms with van der Waals surface area (Å²) in [6.07, 6.45) is 4.06. The maximum absolute atomic E-state index is 9.56. The minimum Gasteiger partial charge on any atom is -0.393 e. The first-order chi connectivity index (χ1) is 9.72. The standard InChI is InChI=1S/C17H22N2O/c1-12-10-17(15-4-2-3-5-16(15)19-12)18-11-13-6-8-14(20)9-7-13/h2-5,10,13-14,20H,6-9,11H2,1H3,(H,18,19). The van der Waals surface area contributed by atoms with E-state index < -0.39 is 0 Å². The summed E-state index contributed by atoms with van der Waals surface area (Å²) in [6, 6.07) is 10.4. The predicted octanol–water partition coefficient (Wildman–Crippen LogP) is 3.51. The van der Waals surface area contributed by atoms with Crippen LogP contribution in [0.1, 0.15) is 31.4 Å². The van der Waals surface area contributed by atoms with Gasteiger partial charge >= 0.3 is 0 Å². The summed E-state index contributed by atoms with van der Waals surface area (Å²) in [7, 11) is 0. The molecule has 1 fully saturated rings. The molecule has 1 aliphatic rings. The molecule has 2 N–H and O–H groups in total. The summed E-state index contributed by atoms with van der Waals surface area (Å²) in [4.78, 5) is 4.57. The maximum Gasteiger partial charge on any atom is 0.0725 e. The van der Waals surface area contributed by atoms with Crippen LogP contribution in [0.4, 0.5) is 5.69 Å². The number of benzene rings is 1. The van der Waals surface area contributed by atoms with Crippen LogP contribution in [-0.4, -0.2) is 22.7 Å². The molecule has 0 atom stereocenters. The van der Waals surface area contributed by atoms with Crippen LogP contribution in [0.15, 0.2) is 30.3 Å². The molecule has 0 unspecified atom stereocenters. The van der Waals surface area contributed by atoms with Crippen LogP contribution >= 0.6 is 0 Å². The van der Waals surface area contributed by atoms with Crippen LogP contribution in [-0.2, 0) is 0 Å². The molecule has 20 heavy (non-hydrogen) atoms. The zero-order valence-electron chi connectivity index (χ0n) is 12.0. The number of aliphatic hydroxyl groups excluding tert-OH is 1. The summed E-state index contributed by atoms with van der Waals surface area (Å²) in [5.41, 5.74) is 3.28. The van der Waals surface area contributed by atoms with Gasteiger partial charge in [-0.15, -0.1) is 0 Å². The molecular formula is C17H22N2O. The molecule has 1 aliphatic carbocycles. The molecule has 1 aromatic carbocycles. The number of aliphatic hydroxyl groups is 1. The first kappa shape index (κ1) is 13.4. The smallest absolute Gasteiger partial charge is 0.0725 e. The number of aromatic nitrogens is 1. The van der Waals surface area contributed by atoms with Gasteiger partial charge in [-0.25, -0.2) is 0 Å². The van der Waals surface area contributed by atoms with E-state index in [0.29, 0.717) is 5.92 Å². The van der Waals surface area contributed by atoms with E-state index in [1.807, 2.05) is 13.0 Å². The lowest BCUT2D eigenvalue weighted by Crippen LogP contribution is -2.23. The second-order valence-electron chi connectivity index (χ2n) is 5.88. The second kappa shape index (κ2) is 5.80. The average molecular weight is 270 g/mol. The number of anilines is 1. The fourth-order valence-electron chi connectivity index (χ4n) is 3.06. The second-order valence-corrected chi connectivity index (χ2v) is 5.88. The molecular weight excluding hydrogens is 248 g/mol. The van der Waals surface area contributed by atoms with E-state index in [4.69, 9.17) is 0 Å². The summed E-state index contributed by atoms with van der Waals surface area (Å²) < 4.78 is 0. The lowest BCUT2D eigenvalue weighted by molar-refractivity contribution is 0.111. The Kier molecular flexibility index (Phi) is 3.88. The molecule has 0 radical (unpaired) electrons. The highest BCUT2D eigenvalue weighted by molar-refractivity contribution is 5.91. The van der Waals surface area contributed by atoms with Crippen molar-refractivity contribution in [1.82, 2.24) is 4.98 Å². The Morgan fingerprint density at radius 1 is 1.20 bits per heavy atom. The van der Waals surface area contributed by atoms with Gasteiger partial charge in [-0.1, -0.05) is 18.2 Å². The Labute approximate surface area is 120 Å². The summed E-state index contributed by atoms with van der Waals surface area (Å²) in [6.45, 7) is 3.02. The number of nitrogens with zero attached hydrogens (tertiary/aromatic N) is 1. The van der Waals surface area contributed by atoms with E-state index in [0.717, 1.165) is 43.4 Å². The molecule has 3 heteroatoms. The molecule has 0 aliphatic heterocycles. The van der Waals surface area contributed by atoms with Crippen molar-refractivity contribution in [3.63, 3.8) is 0 Å². The monoisotopic (exact) mass is 270 g/mol. The van der Waals surface area contributed by atoms with Crippen molar-refractivity contribution in [2.45, 2.75) is 38.7 Å². The van der Waals surface area contributed by atoms with Crippen LogP contribution < -0.4 is 5.32 Å². The fourth-order valence-corrected chi connectivity index (χ4v) is 3.06. The Balaban J connectivity index is 1.74. The fraction of sp³-hybridized carbons (Fsp3) is 0.471. The molecule has 0 saturated heterocycles. The number of aryl methyl sites for hydroxylation is 1. The Morgan fingerprint density at radius 2 is 1.95 bits per heavy atom. The number of fused-ring (bicyclic) bond motifs is 1. The van der Waals surface area contributed by atoms with E-state index in [1.165, 1.54) is 11.1 Å². The molecule has 1 heterocycles. The first-order valence-corrected chi connectivity index (χ1v) is 7.50. The number of hydrogen-bond donors (Lipinski definition) is 2. The lowest BCUT2D eigenvalue weighted by atomic mass is 9.87. The zero-order chi connectivity index (χ0) is 13.9. The summed E-state index contributed by atoms with van der Waals surface area (Å²) in [5, 5.41) is 14.3. The molecule has 2 aromatic rings. The van der Waals surface area contributed by atoms with Crippen LogP contribution in [0.5, 0.6) is 0 Å². The van der Waals surface area contributed by atoms with Gasteiger partial charge in [0.25, 0.3) is 0 Å². The van der Waals surface area contributed by atoms with Crippen LogP contribution in [0.3, 0.4) is 0 Å². The SMILES string of the molecule is Cc1cc(NCC2CCC(O)CC2)c2ccccc2n1. The third kappa shape index (κ3) is 2.93. The topological polar surface area (TPSA) is 45.1 Å². The molecule has 3 rings (SSSR count). The van der Waals surface area contributed by atoms with Gasteiger partial charge in [0.1, 0.15) is 0 Å². The lowest BCUT2D eigenvalue weighted by Gasteiger charge is -2.26. The van der Waals surface area contributed by atoms with E-state index in [1.54, 1.807) is 0 Å². The molecule has 0 spiro atoms. The van der Waals surface area contributed by atoms with Crippen molar-refractivity contribution in [3.05, 3.63) is 36.0 Å². The van der Waals surface area contributed by atoms with E-state index >= 15 is 0 Å². The molecule has 0 amide bonds. The highest BCUT2D eigenvalue weighted by Gasteiger charge is 2.19.